The fraction of sp³-hybridized carbons (Fsp3) is 0.214. The highest BCUT2D eigenvalue weighted by molar-refractivity contribution is 5.89. The van der Waals surface area contributed by atoms with Crippen molar-refractivity contribution in [3.05, 3.63) is 59.3 Å². The van der Waals surface area contributed by atoms with Crippen molar-refractivity contribution < 1.29 is 18.3 Å². The van der Waals surface area contributed by atoms with Crippen LogP contribution in [0.2, 0.25) is 0 Å². The Morgan fingerprint density at radius 1 is 1.37 bits per heavy atom. The highest BCUT2D eigenvalue weighted by Crippen LogP contribution is 2.12. The summed E-state index contributed by atoms with van der Waals surface area (Å²) < 4.78 is 23.3. The Labute approximate surface area is 110 Å². The Kier molecular flexibility index (Phi) is 4.30. The van der Waals surface area contributed by atoms with Crippen molar-refractivity contribution in [2.24, 2.45) is 0 Å². The quantitative estimate of drug-likeness (QED) is 0.842. The largest absolute Gasteiger partial charge is 0.468 e. The van der Waals surface area contributed by atoms with Gasteiger partial charge in [-0.25, -0.2) is 9.18 Å². The van der Waals surface area contributed by atoms with Crippen molar-refractivity contribution in [3.8, 4) is 0 Å². The van der Waals surface area contributed by atoms with Gasteiger partial charge in [-0.2, -0.15) is 0 Å². The first kappa shape index (κ1) is 13.3. The third-order valence-corrected chi connectivity index (χ3v) is 2.65. The van der Waals surface area contributed by atoms with Crippen LogP contribution in [-0.4, -0.2) is 13.1 Å². The first-order chi connectivity index (χ1) is 9.20. The maximum Gasteiger partial charge on any atom is 0.340 e. The number of rotatable bonds is 5. The number of hydrogen-bond donors (Lipinski definition) is 1. The third-order valence-electron chi connectivity index (χ3n) is 2.65. The van der Waals surface area contributed by atoms with Gasteiger partial charge in [-0.1, -0.05) is 6.07 Å². The summed E-state index contributed by atoms with van der Waals surface area (Å²) in [6, 6.07) is 8.09. The first-order valence-corrected chi connectivity index (χ1v) is 5.80. The van der Waals surface area contributed by atoms with E-state index in [4.69, 9.17) is 4.42 Å². The van der Waals surface area contributed by atoms with E-state index in [1.165, 1.54) is 19.2 Å². The second-order valence-corrected chi connectivity index (χ2v) is 3.99. The topological polar surface area (TPSA) is 51.5 Å². The van der Waals surface area contributed by atoms with E-state index in [9.17, 15) is 9.18 Å². The molecule has 0 saturated carbocycles. The summed E-state index contributed by atoms with van der Waals surface area (Å²) in [7, 11) is 1.22. The summed E-state index contributed by atoms with van der Waals surface area (Å²) in [5.74, 6) is -0.441. The lowest BCUT2D eigenvalue weighted by Crippen LogP contribution is -2.13. The lowest BCUT2D eigenvalue weighted by Gasteiger charge is -2.06. The minimum atomic E-state index is -0.674. The zero-order valence-corrected chi connectivity index (χ0v) is 10.5. The van der Waals surface area contributed by atoms with E-state index in [0.29, 0.717) is 13.1 Å². The summed E-state index contributed by atoms with van der Waals surface area (Å²) in [5.41, 5.74) is 0.689. The van der Waals surface area contributed by atoms with Crippen LogP contribution in [0.4, 0.5) is 4.39 Å². The number of carbonyl (C=O) groups excluding carboxylic acids is 1. The molecule has 1 aromatic carbocycles. The molecule has 0 unspecified atom stereocenters. The molecular formula is C14H14FNO3. The first-order valence-electron chi connectivity index (χ1n) is 5.80. The predicted octanol–water partition coefficient (Wildman–Crippen LogP) is 2.50. The van der Waals surface area contributed by atoms with Crippen molar-refractivity contribution in [3.63, 3.8) is 0 Å². The number of carbonyl (C=O) groups is 1. The summed E-state index contributed by atoms with van der Waals surface area (Å²) in [6.45, 7) is 1.05. The van der Waals surface area contributed by atoms with Crippen LogP contribution >= 0.6 is 0 Å². The van der Waals surface area contributed by atoms with Gasteiger partial charge >= 0.3 is 5.97 Å². The number of ether oxygens (including phenoxy) is 1. The minimum absolute atomic E-state index is 0.0581. The average molecular weight is 263 g/mol. The monoisotopic (exact) mass is 263 g/mol. The Bertz CT molecular complexity index is 552. The molecular weight excluding hydrogens is 249 g/mol. The Morgan fingerprint density at radius 2 is 2.21 bits per heavy atom. The minimum Gasteiger partial charge on any atom is -0.468 e. The SMILES string of the molecule is COC(=O)c1ccc(CNCc2ccco2)cc1F. The van der Waals surface area contributed by atoms with E-state index in [1.54, 1.807) is 12.3 Å². The molecule has 0 saturated heterocycles. The Balaban J connectivity index is 1.94. The van der Waals surface area contributed by atoms with Crippen LogP contribution in [0.3, 0.4) is 0 Å². The van der Waals surface area contributed by atoms with Gasteiger partial charge in [0.1, 0.15) is 11.6 Å². The fourth-order valence-electron chi connectivity index (χ4n) is 1.69. The summed E-state index contributed by atoms with van der Waals surface area (Å²) in [5, 5.41) is 3.12. The van der Waals surface area contributed by atoms with Crippen molar-refractivity contribution in [2.75, 3.05) is 7.11 Å². The average Bonchev–Trinajstić information content (AvgIpc) is 2.91. The van der Waals surface area contributed by atoms with Gasteiger partial charge in [0.2, 0.25) is 0 Å². The van der Waals surface area contributed by atoms with Gasteiger partial charge in [-0.05, 0) is 29.8 Å². The van der Waals surface area contributed by atoms with Crippen LogP contribution in [0.1, 0.15) is 21.7 Å². The second kappa shape index (κ2) is 6.15. The molecule has 2 rings (SSSR count). The molecule has 0 aliphatic rings. The number of benzene rings is 1. The molecule has 100 valence electrons. The van der Waals surface area contributed by atoms with Gasteiger partial charge in [-0.15, -0.1) is 0 Å². The van der Waals surface area contributed by atoms with Crippen LogP contribution in [-0.2, 0) is 17.8 Å². The molecule has 0 bridgehead atoms. The van der Waals surface area contributed by atoms with Crippen LogP contribution in [0.5, 0.6) is 0 Å². The van der Waals surface area contributed by atoms with E-state index in [0.717, 1.165) is 11.3 Å². The molecule has 0 radical (unpaired) electrons. The molecule has 5 heteroatoms. The number of halogens is 1. The number of esters is 1. The maximum absolute atomic E-state index is 13.6. The molecule has 0 amide bonds. The van der Waals surface area contributed by atoms with Gasteiger partial charge in [0.15, 0.2) is 0 Å². The zero-order valence-electron chi connectivity index (χ0n) is 10.5. The van der Waals surface area contributed by atoms with Crippen LogP contribution < -0.4 is 5.32 Å². The standard InChI is InChI=1S/C14H14FNO3/c1-18-14(17)12-5-4-10(7-13(12)15)8-16-9-11-3-2-6-19-11/h2-7,16H,8-9H2,1H3. The number of hydrogen-bond acceptors (Lipinski definition) is 4. The van der Waals surface area contributed by atoms with Gasteiger partial charge in [-0.3, -0.25) is 0 Å². The molecule has 4 nitrogen and oxygen atoms in total. The van der Waals surface area contributed by atoms with Crippen molar-refractivity contribution in [1.82, 2.24) is 5.32 Å². The van der Waals surface area contributed by atoms with E-state index in [-0.39, 0.29) is 5.56 Å². The number of nitrogens with one attached hydrogen (secondary N) is 1. The van der Waals surface area contributed by atoms with Crippen molar-refractivity contribution in [1.29, 1.82) is 0 Å². The number of furan rings is 1. The normalized spacial score (nSPS) is 10.4. The fourth-order valence-corrected chi connectivity index (χ4v) is 1.69. The lowest BCUT2D eigenvalue weighted by molar-refractivity contribution is 0.0595. The Morgan fingerprint density at radius 3 is 2.84 bits per heavy atom. The highest BCUT2D eigenvalue weighted by atomic mass is 19.1. The molecule has 19 heavy (non-hydrogen) atoms. The van der Waals surface area contributed by atoms with Gasteiger partial charge in [0.05, 0.1) is 25.5 Å². The highest BCUT2D eigenvalue weighted by Gasteiger charge is 2.12. The van der Waals surface area contributed by atoms with E-state index >= 15 is 0 Å². The molecule has 1 aromatic heterocycles. The molecule has 0 spiro atoms. The van der Waals surface area contributed by atoms with E-state index in [2.05, 4.69) is 10.1 Å². The maximum atomic E-state index is 13.6. The zero-order chi connectivity index (χ0) is 13.7. The van der Waals surface area contributed by atoms with Crippen LogP contribution in [0, 0.1) is 5.82 Å². The second-order valence-electron chi connectivity index (χ2n) is 3.99. The van der Waals surface area contributed by atoms with Gasteiger partial charge < -0.3 is 14.5 Å². The van der Waals surface area contributed by atoms with Crippen LogP contribution in [0.15, 0.2) is 41.0 Å². The predicted molar refractivity (Wildman–Crippen MR) is 67.0 cm³/mol. The van der Waals surface area contributed by atoms with Crippen LogP contribution in [0.25, 0.3) is 0 Å². The molecule has 1 N–H and O–H groups in total. The van der Waals surface area contributed by atoms with Crippen molar-refractivity contribution >= 4 is 5.97 Å². The lowest BCUT2D eigenvalue weighted by atomic mass is 10.1. The molecule has 0 fully saturated rings. The molecule has 2 aromatic rings. The summed E-state index contributed by atoms with van der Waals surface area (Å²) >= 11 is 0. The van der Waals surface area contributed by atoms with Gasteiger partial charge in [0.25, 0.3) is 0 Å². The smallest absolute Gasteiger partial charge is 0.340 e. The molecule has 0 atom stereocenters. The third kappa shape index (κ3) is 3.42. The Hall–Kier alpha value is -2.14. The van der Waals surface area contributed by atoms with E-state index < -0.39 is 11.8 Å². The van der Waals surface area contributed by atoms with E-state index in [1.807, 2.05) is 12.1 Å². The molecule has 0 aliphatic carbocycles. The van der Waals surface area contributed by atoms with Crippen molar-refractivity contribution in [2.45, 2.75) is 13.1 Å². The van der Waals surface area contributed by atoms with Gasteiger partial charge in [0, 0.05) is 6.54 Å². The molecule has 1 heterocycles. The molecule has 0 aliphatic heterocycles. The summed E-state index contributed by atoms with van der Waals surface area (Å²) in [4.78, 5) is 11.2. The number of methoxy groups -OCH3 is 1. The summed E-state index contributed by atoms with van der Waals surface area (Å²) in [6.07, 6.45) is 1.60.